The minimum Gasteiger partial charge on any atom is -0.321 e. The lowest BCUT2D eigenvalue weighted by molar-refractivity contribution is 1.15. The quantitative estimate of drug-likeness (QED) is 0.488. The van der Waals surface area contributed by atoms with Crippen molar-refractivity contribution in [3.63, 3.8) is 0 Å². The Morgan fingerprint density at radius 2 is 1.96 bits per heavy atom. The van der Waals surface area contributed by atoms with Gasteiger partial charge in [0, 0.05) is 32.6 Å². The number of aromatic nitrogens is 2. The number of hydrogen-bond donors (Lipinski definition) is 1. The van der Waals surface area contributed by atoms with Crippen LogP contribution in [0, 0.1) is 6.92 Å². The van der Waals surface area contributed by atoms with Gasteiger partial charge in [0.1, 0.15) is 0 Å². The molecular weight excluding hydrogens is 372 g/mol. The molecule has 0 amide bonds. The number of pyridine rings is 1. The summed E-state index contributed by atoms with van der Waals surface area (Å²) in [6, 6.07) is 15.4. The highest BCUT2D eigenvalue weighted by Gasteiger charge is 2.17. The zero-order valence-corrected chi connectivity index (χ0v) is 15.6. The van der Waals surface area contributed by atoms with Crippen LogP contribution in [0.3, 0.4) is 0 Å². The summed E-state index contributed by atoms with van der Waals surface area (Å²) in [6.07, 6.45) is 0. The number of rotatable bonds is 3. The van der Waals surface area contributed by atoms with Crippen LogP contribution in [0.15, 0.2) is 67.9 Å². The van der Waals surface area contributed by atoms with E-state index in [4.69, 9.17) is 11.6 Å². The Hall–Kier alpha value is -2.08. The fraction of sp³-hybridized carbons (Fsp3) is 0.0526. The topological polar surface area (TPSA) is 45.8 Å². The maximum Gasteiger partial charge on any atom is 0.263 e. The van der Waals surface area contributed by atoms with E-state index in [1.807, 2.05) is 54.8 Å². The number of H-pyrrole nitrogens is 1. The van der Waals surface area contributed by atoms with Crippen LogP contribution in [0.5, 0.6) is 0 Å². The summed E-state index contributed by atoms with van der Waals surface area (Å²) in [7, 11) is 0. The van der Waals surface area contributed by atoms with Gasteiger partial charge in [-0.25, -0.2) is 4.98 Å². The second-order valence-corrected chi connectivity index (χ2v) is 8.12. The summed E-state index contributed by atoms with van der Waals surface area (Å²) in [5.74, 6) is 0. The molecule has 124 valence electrons. The van der Waals surface area contributed by atoms with E-state index in [2.05, 4.69) is 9.97 Å². The van der Waals surface area contributed by atoms with Crippen molar-refractivity contribution in [1.29, 1.82) is 0 Å². The van der Waals surface area contributed by atoms with Crippen LogP contribution >= 0.6 is 34.7 Å². The first-order valence-corrected chi connectivity index (χ1v) is 9.70. The van der Waals surface area contributed by atoms with Crippen molar-refractivity contribution in [1.82, 2.24) is 9.97 Å². The van der Waals surface area contributed by atoms with Crippen LogP contribution in [0.2, 0.25) is 5.02 Å². The normalized spacial score (nSPS) is 11.1. The number of halogens is 1. The number of hydrogen-bond acceptors (Lipinski definition) is 4. The van der Waals surface area contributed by atoms with Gasteiger partial charge in [0.25, 0.3) is 5.56 Å². The van der Waals surface area contributed by atoms with Gasteiger partial charge in [-0.1, -0.05) is 53.7 Å². The van der Waals surface area contributed by atoms with E-state index < -0.39 is 0 Å². The second kappa shape index (κ2) is 6.67. The maximum absolute atomic E-state index is 12.8. The molecule has 1 N–H and O–H groups in total. The molecule has 0 aliphatic heterocycles. The van der Waals surface area contributed by atoms with Gasteiger partial charge in [-0.2, -0.15) is 0 Å². The minimum atomic E-state index is -0.119. The number of aryl methyl sites for hydroxylation is 1. The highest BCUT2D eigenvalue weighted by atomic mass is 35.5. The van der Waals surface area contributed by atoms with Crippen molar-refractivity contribution in [2.24, 2.45) is 0 Å². The Morgan fingerprint density at radius 3 is 2.68 bits per heavy atom. The molecule has 0 unspecified atom stereocenters. The molecule has 4 aromatic rings. The molecule has 0 aliphatic carbocycles. The largest absolute Gasteiger partial charge is 0.321 e. The number of nitrogens with zero attached hydrogens (tertiary/aromatic N) is 1. The molecule has 2 aromatic carbocycles. The Morgan fingerprint density at radius 1 is 1.16 bits per heavy atom. The molecule has 0 saturated heterocycles. The van der Waals surface area contributed by atoms with Crippen molar-refractivity contribution in [3.8, 4) is 11.1 Å². The van der Waals surface area contributed by atoms with Crippen LogP contribution in [-0.4, -0.2) is 9.97 Å². The van der Waals surface area contributed by atoms with E-state index in [0.717, 1.165) is 32.1 Å². The Labute approximate surface area is 157 Å². The molecule has 0 atom stereocenters. The molecule has 25 heavy (non-hydrogen) atoms. The molecule has 0 bridgehead atoms. The molecule has 6 heteroatoms. The summed E-state index contributed by atoms with van der Waals surface area (Å²) in [5, 5.41) is 3.54. The van der Waals surface area contributed by atoms with Crippen molar-refractivity contribution < 1.29 is 0 Å². The van der Waals surface area contributed by atoms with Gasteiger partial charge < -0.3 is 4.98 Å². The fourth-order valence-corrected chi connectivity index (χ4v) is 4.82. The third kappa shape index (κ3) is 3.23. The van der Waals surface area contributed by atoms with E-state index in [0.29, 0.717) is 9.92 Å². The predicted octanol–water partition coefficient (Wildman–Crippen LogP) is 5.76. The second-order valence-electron chi connectivity index (χ2n) is 5.57. The predicted molar refractivity (Wildman–Crippen MR) is 106 cm³/mol. The summed E-state index contributed by atoms with van der Waals surface area (Å²) >= 11 is 9.16. The van der Waals surface area contributed by atoms with E-state index in [9.17, 15) is 4.79 Å². The lowest BCUT2D eigenvalue weighted by Gasteiger charge is -2.12. The Balaban J connectivity index is 2.03. The monoisotopic (exact) mass is 384 g/mol. The first-order chi connectivity index (χ1) is 12.1. The highest BCUT2D eigenvalue weighted by Crippen LogP contribution is 2.39. The van der Waals surface area contributed by atoms with Crippen molar-refractivity contribution in [2.45, 2.75) is 16.2 Å². The van der Waals surface area contributed by atoms with Gasteiger partial charge in [0.05, 0.1) is 4.90 Å². The highest BCUT2D eigenvalue weighted by molar-refractivity contribution is 8.01. The van der Waals surface area contributed by atoms with Crippen LogP contribution in [0.1, 0.15) is 5.69 Å². The third-order valence-electron chi connectivity index (χ3n) is 3.78. The Bertz CT molecular complexity index is 1120. The average molecular weight is 385 g/mol. The fourth-order valence-electron chi connectivity index (χ4n) is 2.70. The molecular formula is C19H13ClN2OS2. The maximum atomic E-state index is 12.8. The first kappa shape index (κ1) is 16.4. The van der Waals surface area contributed by atoms with Crippen molar-refractivity contribution >= 4 is 45.6 Å². The van der Waals surface area contributed by atoms with Gasteiger partial charge in [0.15, 0.2) is 4.34 Å². The molecule has 0 fully saturated rings. The zero-order valence-electron chi connectivity index (χ0n) is 13.2. The number of benzene rings is 2. The molecule has 2 aromatic heterocycles. The number of thiazole rings is 1. The van der Waals surface area contributed by atoms with E-state index >= 15 is 0 Å². The van der Waals surface area contributed by atoms with E-state index in [1.54, 1.807) is 6.07 Å². The number of aromatic amines is 1. The lowest BCUT2D eigenvalue weighted by Crippen LogP contribution is -2.10. The number of fused-ring (bicyclic) bond motifs is 1. The molecule has 2 heterocycles. The smallest absolute Gasteiger partial charge is 0.263 e. The zero-order chi connectivity index (χ0) is 17.4. The number of nitrogens with one attached hydrogen (secondary N) is 1. The van der Waals surface area contributed by atoms with Crippen LogP contribution in [0.25, 0.3) is 22.0 Å². The third-order valence-corrected chi connectivity index (χ3v) is 6.17. The van der Waals surface area contributed by atoms with Crippen LogP contribution in [0.4, 0.5) is 0 Å². The summed E-state index contributed by atoms with van der Waals surface area (Å²) in [4.78, 5) is 20.9. The van der Waals surface area contributed by atoms with Gasteiger partial charge >= 0.3 is 0 Å². The molecule has 0 aliphatic rings. The minimum absolute atomic E-state index is 0.119. The van der Waals surface area contributed by atoms with E-state index in [1.165, 1.54) is 23.1 Å². The molecule has 4 rings (SSSR count). The first-order valence-electron chi connectivity index (χ1n) is 7.63. The van der Waals surface area contributed by atoms with Crippen LogP contribution < -0.4 is 5.56 Å². The standard InChI is InChI=1S/C19H13ClN2OS2/c1-11-10-24-19(21-11)25-17-16(12-5-3-2-4-6-12)14-9-13(20)7-8-15(14)22-18(17)23/h2-10H,1H3,(H,22,23). The molecule has 0 radical (unpaired) electrons. The Kier molecular flexibility index (Phi) is 4.37. The SMILES string of the molecule is Cc1csc(Sc2c(-c3ccccc3)c3cc(Cl)ccc3[nH]c2=O)n1. The van der Waals surface area contributed by atoms with Gasteiger partial charge in [0.2, 0.25) is 0 Å². The summed E-state index contributed by atoms with van der Waals surface area (Å²) < 4.78 is 0.849. The summed E-state index contributed by atoms with van der Waals surface area (Å²) in [6.45, 7) is 1.95. The van der Waals surface area contributed by atoms with Gasteiger partial charge in [-0.05, 0) is 30.7 Å². The lowest BCUT2D eigenvalue weighted by atomic mass is 10.0. The van der Waals surface area contributed by atoms with Gasteiger partial charge in [-0.15, -0.1) is 11.3 Å². The molecule has 3 nitrogen and oxygen atoms in total. The van der Waals surface area contributed by atoms with Crippen LogP contribution in [-0.2, 0) is 0 Å². The molecule has 0 spiro atoms. The molecule has 0 saturated carbocycles. The van der Waals surface area contributed by atoms with Crippen molar-refractivity contribution in [2.75, 3.05) is 0 Å². The van der Waals surface area contributed by atoms with Crippen molar-refractivity contribution in [3.05, 3.63) is 75.0 Å². The van der Waals surface area contributed by atoms with Gasteiger partial charge in [-0.3, -0.25) is 4.79 Å². The summed E-state index contributed by atoms with van der Waals surface area (Å²) in [5.41, 5.74) is 3.48. The van der Waals surface area contributed by atoms with E-state index in [-0.39, 0.29) is 5.56 Å². The average Bonchev–Trinajstić information content (AvgIpc) is 3.02.